The quantitative estimate of drug-likeness (QED) is 0.776. The van der Waals surface area contributed by atoms with Crippen LogP contribution in [-0.2, 0) is 16.2 Å². The Kier molecular flexibility index (Phi) is 5.35. The van der Waals surface area contributed by atoms with Crippen molar-refractivity contribution in [2.45, 2.75) is 19.1 Å². The van der Waals surface area contributed by atoms with Gasteiger partial charge in [-0.1, -0.05) is 22.8 Å². The van der Waals surface area contributed by atoms with Gasteiger partial charge in [-0.3, -0.25) is 4.79 Å². The van der Waals surface area contributed by atoms with Crippen LogP contribution in [0.15, 0.2) is 35.5 Å². The Bertz CT molecular complexity index is 978. The zero-order valence-electron chi connectivity index (χ0n) is 15.9. The third-order valence-corrected chi connectivity index (χ3v) is 4.95. The Morgan fingerprint density at radius 2 is 1.97 bits per heavy atom. The van der Waals surface area contributed by atoms with Crippen LogP contribution in [0.3, 0.4) is 0 Å². The highest BCUT2D eigenvalue weighted by Crippen LogP contribution is 2.35. The highest BCUT2D eigenvalue weighted by atomic mass is 35.5. The van der Waals surface area contributed by atoms with Crippen molar-refractivity contribution in [2.75, 3.05) is 21.0 Å². The maximum Gasteiger partial charge on any atom is 0.264 e. The van der Waals surface area contributed by atoms with E-state index in [0.717, 1.165) is 5.56 Å². The molecule has 0 saturated carbocycles. The lowest BCUT2D eigenvalue weighted by Crippen LogP contribution is -2.34. The molecule has 1 amide bonds. The van der Waals surface area contributed by atoms with Crippen molar-refractivity contribution in [3.05, 3.63) is 46.5 Å². The lowest BCUT2D eigenvalue weighted by Gasteiger charge is -2.12. The second-order valence-corrected chi connectivity index (χ2v) is 6.84. The molecule has 0 bridgehead atoms. The molecule has 0 aliphatic carbocycles. The summed E-state index contributed by atoms with van der Waals surface area (Å²) in [6, 6.07) is 8.89. The van der Waals surface area contributed by atoms with Crippen molar-refractivity contribution in [1.82, 2.24) is 5.32 Å². The van der Waals surface area contributed by atoms with Crippen molar-refractivity contribution in [3.63, 3.8) is 0 Å². The molecule has 152 valence electrons. The van der Waals surface area contributed by atoms with Gasteiger partial charge in [0, 0.05) is 24.6 Å². The van der Waals surface area contributed by atoms with Gasteiger partial charge >= 0.3 is 0 Å². The first-order valence-corrected chi connectivity index (χ1v) is 9.27. The average molecular weight is 419 g/mol. The maximum atomic E-state index is 12.5. The Morgan fingerprint density at radius 3 is 2.76 bits per heavy atom. The first kappa shape index (κ1) is 19.2. The highest BCUT2D eigenvalue weighted by Gasteiger charge is 2.30. The van der Waals surface area contributed by atoms with Crippen molar-refractivity contribution in [1.29, 1.82) is 0 Å². The van der Waals surface area contributed by atoms with Crippen LogP contribution in [0.4, 0.5) is 0 Å². The van der Waals surface area contributed by atoms with Gasteiger partial charge in [-0.25, -0.2) is 0 Å². The first-order valence-electron chi connectivity index (χ1n) is 8.90. The molecule has 8 nitrogen and oxygen atoms in total. The predicted molar refractivity (Wildman–Crippen MR) is 105 cm³/mol. The second kappa shape index (κ2) is 8.08. The zero-order valence-corrected chi connectivity index (χ0v) is 16.6. The molecule has 0 aromatic heterocycles. The molecule has 29 heavy (non-hydrogen) atoms. The first-order chi connectivity index (χ1) is 14.1. The number of hydrogen-bond donors (Lipinski definition) is 1. The number of fused-ring (bicyclic) bond motifs is 1. The Balaban J connectivity index is 1.39. The minimum Gasteiger partial charge on any atom is -0.496 e. The standard InChI is InChI=1S/C20H19ClN2O6/c1-25-16-8-17(26-2)13(21)6-12(16)14-7-19(29-23-14)20(24)22-9-11-3-4-15-18(5-11)28-10-27-15/h3-6,8,19H,7,9-10H2,1-2H3,(H,22,24)/t19-/m0/s1. The normalized spacial score (nSPS) is 16.8. The lowest BCUT2D eigenvalue weighted by atomic mass is 10.0. The summed E-state index contributed by atoms with van der Waals surface area (Å²) in [5.74, 6) is 2.13. The second-order valence-electron chi connectivity index (χ2n) is 6.43. The van der Waals surface area contributed by atoms with Crippen LogP contribution < -0.4 is 24.3 Å². The van der Waals surface area contributed by atoms with E-state index in [2.05, 4.69) is 10.5 Å². The zero-order chi connectivity index (χ0) is 20.4. The molecule has 9 heteroatoms. The number of nitrogens with zero attached hydrogens (tertiary/aromatic N) is 1. The van der Waals surface area contributed by atoms with Gasteiger partial charge in [0.25, 0.3) is 5.91 Å². The fourth-order valence-corrected chi connectivity index (χ4v) is 3.36. The molecule has 1 atom stereocenters. The van der Waals surface area contributed by atoms with Crippen LogP contribution in [-0.4, -0.2) is 38.7 Å². The van der Waals surface area contributed by atoms with E-state index in [1.54, 1.807) is 12.1 Å². The van der Waals surface area contributed by atoms with Crippen molar-refractivity contribution >= 4 is 23.2 Å². The van der Waals surface area contributed by atoms with Gasteiger partial charge in [0.1, 0.15) is 11.5 Å². The van der Waals surface area contributed by atoms with Gasteiger partial charge in [-0.05, 0) is 23.8 Å². The molecule has 2 aliphatic rings. The maximum absolute atomic E-state index is 12.5. The van der Waals surface area contributed by atoms with E-state index < -0.39 is 6.10 Å². The Morgan fingerprint density at radius 1 is 1.17 bits per heavy atom. The molecule has 2 aromatic rings. The van der Waals surface area contributed by atoms with E-state index in [1.807, 2.05) is 18.2 Å². The van der Waals surface area contributed by atoms with Gasteiger partial charge in [0.2, 0.25) is 12.9 Å². The summed E-state index contributed by atoms with van der Waals surface area (Å²) in [4.78, 5) is 17.8. The monoisotopic (exact) mass is 418 g/mol. The van der Waals surface area contributed by atoms with Gasteiger partial charge in [-0.15, -0.1) is 0 Å². The molecule has 2 heterocycles. The topological polar surface area (TPSA) is 87.6 Å². The lowest BCUT2D eigenvalue weighted by molar-refractivity contribution is -0.131. The van der Waals surface area contributed by atoms with Crippen LogP contribution in [0.5, 0.6) is 23.0 Å². The summed E-state index contributed by atoms with van der Waals surface area (Å²) in [7, 11) is 3.06. The third-order valence-electron chi connectivity index (χ3n) is 4.65. The van der Waals surface area contributed by atoms with Gasteiger partial charge in [0.05, 0.1) is 25.0 Å². The molecule has 0 fully saturated rings. The highest BCUT2D eigenvalue weighted by molar-refractivity contribution is 6.32. The van der Waals surface area contributed by atoms with Crippen LogP contribution >= 0.6 is 11.6 Å². The molecule has 2 aromatic carbocycles. The Hall–Kier alpha value is -3.13. The minimum atomic E-state index is -0.732. The summed E-state index contributed by atoms with van der Waals surface area (Å²) in [5.41, 5.74) is 2.13. The molecule has 1 N–H and O–H groups in total. The number of carbonyl (C=O) groups is 1. The minimum absolute atomic E-state index is 0.208. The fourth-order valence-electron chi connectivity index (χ4n) is 3.12. The summed E-state index contributed by atoms with van der Waals surface area (Å²) in [6.07, 6.45) is -0.434. The van der Waals surface area contributed by atoms with Crippen LogP contribution in [0, 0.1) is 0 Å². The number of halogens is 1. The van der Waals surface area contributed by atoms with Gasteiger partial charge in [0.15, 0.2) is 11.5 Å². The van der Waals surface area contributed by atoms with Crippen LogP contribution in [0.25, 0.3) is 0 Å². The van der Waals surface area contributed by atoms with E-state index in [1.165, 1.54) is 14.2 Å². The van der Waals surface area contributed by atoms with E-state index in [-0.39, 0.29) is 12.7 Å². The summed E-state index contributed by atoms with van der Waals surface area (Å²) in [6.45, 7) is 0.544. The molecule has 2 aliphatic heterocycles. The molecular weight excluding hydrogens is 400 g/mol. The number of hydrogen-bond acceptors (Lipinski definition) is 7. The fraction of sp³-hybridized carbons (Fsp3) is 0.300. The summed E-state index contributed by atoms with van der Waals surface area (Å²) in [5, 5.41) is 7.33. The molecule has 0 unspecified atom stereocenters. The van der Waals surface area contributed by atoms with E-state index in [9.17, 15) is 4.79 Å². The molecule has 0 spiro atoms. The van der Waals surface area contributed by atoms with Crippen molar-refractivity contribution < 1.29 is 28.6 Å². The molecular formula is C20H19ClN2O6. The van der Waals surface area contributed by atoms with Gasteiger partial charge < -0.3 is 29.1 Å². The summed E-state index contributed by atoms with van der Waals surface area (Å²) >= 11 is 6.22. The van der Waals surface area contributed by atoms with Crippen LogP contribution in [0.1, 0.15) is 17.5 Å². The number of benzene rings is 2. The van der Waals surface area contributed by atoms with Crippen molar-refractivity contribution in [2.24, 2.45) is 5.16 Å². The number of oxime groups is 1. The number of carbonyl (C=O) groups excluding carboxylic acids is 1. The largest absolute Gasteiger partial charge is 0.496 e. The number of ether oxygens (including phenoxy) is 4. The predicted octanol–water partition coefficient (Wildman–Crippen LogP) is 2.90. The molecule has 0 radical (unpaired) electrons. The molecule has 4 rings (SSSR count). The van der Waals surface area contributed by atoms with E-state index in [0.29, 0.717) is 52.3 Å². The van der Waals surface area contributed by atoms with Crippen molar-refractivity contribution in [3.8, 4) is 23.0 Å². The number of nitrogens with one attached hydrogen (secondary N) is 1. The number of amides is 1. The SMILES string of the molecule is COc1cc(OC)c(C2=NO[C@H](C(=O)NCc3ccc4c(c3)OCO4)C2)cc1Cl. The van der Waals surface area contributed by atoms with E-state index in [4.69, 9.17) is 35.4 Å². The smallest absolute Gasteiger partial charge is 0.264 e. The van der Waals surface area contributed by atoms with E-state index >= 15 is 0 Å². The number of methoxy groups -OCH3 is 2. The molecule has 0 saturated heterocycles. The third kappa shape index (κ3) is 3.88. The Labute approximate surface area is 172 Å². The average Bonchev–Trinajstić information content (AvgIpc) is 3.41. The van der Waals surface area contributed by atoms with Crippen LogP contribution in [0.2, 0.25) is 5.02 Å². The number of rotatable bonds is 6. The van der Waals surface area contributed by atoms with Gasteiger partial charge in [-0.2, -0.15) is 0 Å². The summed E-state index contributed by atoms with van der Waals surface area (Å²) < 4.78 is 21.2.